The maximum atomic E-state index is 12.8. The van der Waals surface area contributed by atoms with E-state index in [4.69, 9.17) is 0 Å². The number of benzene rings is 1. The van der Waals surface area contributed by atoms with E-state index in [-0.39, 0.29) is 11.3 Å². The minimum absolute atomic E-state index is 0.0102. The average molecular weight is 315 g/mol. The van der Waals surface area contributed by atoms with Crippen LogP contribution in [0.5, 0.6) is 0 Å². The minimum Gasteiger partial charge on any atom is -0.331 e. The normalized spacial score (nSPS) is 11.7. The van der Waals surface area contributed by atoms with E-state index in [1.54, 1.807) is 4.90 Å². The molecule has 0 unspecified atom stereocenters. The molecule has 1 amide bonds. The maximum absolute atomic E-state index is 12.8. The number of aromatic nitrogens is 4. The van der Waals surface area contributed by atoms with Gasteiger partial charge in [-0.2, -0.15) is 5.21 Å². The van der Waals surface area contributed by atoms with Crippen LogP contribution in [0.25, 0.3) is 0 Å². The Morgan fingerprint density at radius 2 is 1.87 bits per heavy atom. The van der Waals surface area contributed by atoms with Gasteiger partial charge in [-0.1, -0.05) is 52.0 Å². The summed E-state index contributed by atoms with van der Waals surface area (Å²) in [7, 11) is 0. The molecule has 1 heterocycles. The van der Waals surface area contributed by atoms with Gasteiger partial charge < -0.3 is 4.90 Å². The van der Waals surface area contributed by atoms with Crippen molar-refractivity contribution in [3.63, 3.8) is 0 Å². The highest BCUT2D eigenvalue weighted by molar-refractivity contribution is 5.94. The first-order valence-corrected chi connectivity index (χ1v) is 7.89. The lowest BCUT2D eigenvalue weighted by Crippen LogP contribution is -2.34. The smallest absolute Gasteiger partial charge is 0.254 e. The van der Waals surface area contributed by atoms with Crippen molar-refractivity contribution in [3.05, 3.63) is 41.2 Å². The molecule has 0 atom stereocenters. The van der Waals surface area contributed by atoms with Crippen molar-refractivity contribution in [1.29, 1.82) is 0 Å². The number of nitrogens with zero attached hydrogens (tertiary/aromatic N) is 4. The van der Waals surface area contributed by atoms with Crippen molar-refractivity contribution in [2.24, 2.45) is 5.92 Å². The lowest BCUT2D eigenvalue weighted by Gasteiger charge is -2.24. The van der Waals surface area contributed by atoms with E-state index in [0.717, 1.165) is 0 Å². The van der Waals surface area contributed by atoms with Crippen LogP contribution in [0.15, 0.2) is 24.3 Å². The number of hydrogen-bond donors (Lipinski definition) is 1. The van der Waals surface area contributed by atoms with Crippen LogP contribution in [0.3, 0.4) is 0 Å². The van der Waals surface area contributed by atoms with Gasteiger partial charge >= 0.3 is 0 Å². The van der Waals surface area contributed by atoms with E-state index < -0.39 is 0 Å². The van der Waals surface area contributed by atoms with E-state index in [1.807, 2.05) is 24.3 Å². The summed E-state index contributed by atoms with van der Waals surface area (Å²) in [6.07, 6.45) is 0. The summed E-state index contributed by atoms with van der Waals surface area (Å²) >= 11 is 0. The van der Waals surface area contributed by atoms with Gasteiger partial charge in [-0.25, -0.2) is 0 Å². The van der Waals surface area contributed by atoms with Crippen molar-refractivity contribution in [1.82, 2.24) is 25.5 Å². The zero-order chi connectivity index (χ0) is 17.0. The second-order valence-corrected chi connectivity index (χ2v) is 7.23. The van der Waals surface area contributed by atoms with Gasteiger partial charge in [0.15, 0.2) is 5.82 Å². The molecule has 124 valence electrons. The topological polar surface area (TPSA) is 74.8 Å². The Bertz CT molecular complexity index is 626. The van der Waals surface area contributed by atoms with Gasteiger partial charge in [-0.05, 0) is 29.0 Å². The summed E-state index contributed by atoms with van der Waals surface area (Å²) in [5.74, 6) is 0.869. The van der Waals surface area contributed by atoms with Crippen LogP contribution in [0.2, 0.25) is 0 Å². The Labute approximate surface area is 137 Å². The van der Waals surface area contributed by atoms with E-state index >= 15 is 0 Å². The fourth-order valence-corrected chi connectivity index (χ4v) is 2.38. The SMILES string of the molecule is CC(C)CN(Cc1nn[nH]n1)C(=O)c1ccc(C(C)(C)C)cc1. The Morgan fingerprint density at radius 1 is 1.22 bits per heavy atom. The van der Waals surface area contributed by atoms with Crippen LogP contribution >= 0.6 is 0 Å². The first kappa shape index (κ1) is 17.1. The standard InChI is InChI=1S/C17H25N5O/c1-12(2)10-22(11-15-18-20-21-19-15)16(23)13-6-8-14(9-7-13)17(3,4)5/h6-9,12H,10-11H2,1-5H3,(H,18,19,20,21). The first-order valence-electron chi connectivity index (χ1n) is 7.89. The molecule has 0 aliphatic rings. The Balaban J connectivity index is 2.19. The third-order valence-electron chi connectivity index (χ3n) is 3.59. The van der Waals surface area contributed by atoms with Gasteiger partial charge in [-0.3, -0.25) is 4.79 Å². The monoisotopic (exact) mass is 315 g/mol. The quantitative estimate of drug-likeness (QED) is 0.920. The number of nitrogens with one attached hydrogen (secondary N) is 1. The predicted octanol–water partition coefficient (Wildman–Crippen LogP) is 2.80. The van der Waals surface area contributed by atoms with E-state index in [1.165, 1.54) is 5.56 Å². The summed E-state index contributed by atoms with van der Waals surface area (Å²) in [6.45, 7) is 11.6. The van der Waals surface area contributed by atoms with Crippen molar-refractivity contribution in [2.75, 3.05) is 6.54 Å². The van der Waals surface area contributed by atoms with E-state index in [0.29, 0.717) is 30.4 Å². The first-order chi connectivity index (χ1) is 10.8. The van der Waals surface area contributed by atoms with Crippen LogP contribution in [0.4, 0.5) is 0 Å². The van der Waals surface area contributed by atoms with Gasteiger partial charge in [0.05, 0.1) is 6.54 Å². The zero-order valence-electron chi connectivity index (χ0n) is 14.5. The molecule has 0 spiro atoms. The van der Waals surface area contributed by atoms with Gasteiger partial charge in [0.2, 0.25) is 0 Å². The second kappa shape index (κ2) is 6.89. The summed E-state index contributed by atoms with van der Waals surface area (Å²) in [6, 6.07) is 7.84. The number of aromatic amines is 1. The molecule has 0 saturated heterocycles. The Morgan fingerprint density at radius 3 is 2.35 bits per heavy atom. The van der Waals surface area contributed by atoms with Gasteiger partial charge in [0.1, 0.15) is 0 Å². The molecular weight excluding hydrogens is 290 g/mol. The molecule has 0 fully saturated rings. The molecule has 0 aliphatic heterocycles. The maximum Gasteiger partial charge on any atom is 0.254 e. The molecule has 2 aromatic rings. The molecule has 6 nitrogen and oxygen atoms in total. The van der Waals surface area contributed by atoms with Gasteiger partial charge in [0, 0.05) is 12.1 Å². The largest absolute Gasteiger partial charge is 0.331 e. The van der Waals surface area contributed by atoms with Crippen LogP contribution in [0.1, 0.15) is 56.4 Å². The zero-order valence-corrected chi connectivity index (χ0v) is 14.5. The average Bonchev–Trinajstić information content (AvgIpc) is 2.97. The van der Waals surface area contributed by atoms with E-state index in [9.17, 15) is 4.79 Å². The van der Waals surface area contributed by atoms with Crippen molar-refractivity contribution in [3.8, 4) is 0 Å². The highest BCUT2D eigenvalue weighted by Gasteiger charge is 2.20. The molecule has 1 aromatic heterocycles. The summed E-state index contributed by atoms with van der Waals surface area (Å²) in [4.78, 5) is 14.6. The third-order valence-corrected chi connectivity index (χ3v) is 3.59. The number of H-pyrrole nitrogens is 1. The number of amides is 1. The van der Waals surface area contributed by atoms with Crippen LogP contribution in [0, 0.1) is 5.92 Å². The summed E-state index contributed by atoms with van der Waals surface area (Å²) in [5.41, 5.74) is 1.97. The number of rotatable bonds is 5. The summed E-state index contributed by atoms with van der Waals surface area (Å²) < 4.78 is 0. The highest BCUT2D eigenvalue weighted by Crippen LogP contribution is 2.22. The molecule has 1 aromatic carbocycles. The minimum atomic E-state index is -0.0102. The van der Waals surface area contributed by atoms with Gasteiger partial charge in [-0.15, -0.1) is 10.2 Å². The molecule has 0 bridgehead atoms. The van der Waals surface area contributed by atoms with Crippen molar-refractivity contribution < 1.29 is 4.79 Å². The lowest BCUT2D eigenvalue weighted by molar-refractivity contribution is 0.0718. The molecule has 23 heavy (non-hydrogen) atoms. The molecule has 6 heteroatoms. The molecular formula is C17H25N5O. The molecule has 1 N–H and O–H groups in total. The fraction of sp³-hybridized carbons (Fsp3) is 0.529. The van der Waals surface area contributed by atoms with Gasteiger partial charge in [0.25, 0.3) is 5.91 Å². The molecule has 2 rings (SSSR count). The molecule has 0 aliphatic carbocycles. The predicted molar refractivity (Wildman–Crippen MR) is 88.9 cm³/mol. The lowest BCUT2D eigenvalue weighted by atomic mass is 9.86. The number of carbonyl (C=O) groups excluding carboxylic acids is 1. The van der Waals surface area contributed by atoms with Crippen LogP contribution < -0.4 is 0 Å². The van der Waals surface area contributed by atoms with Crippen LogP contribution in [-0.2, 0) is 12.0 Å². The van der Waals surface area contributed by atoms with E-state index in [2.05, 4.69) is 55.2 Å². The second-order valence-electron chi connectivity index (χ2n) is 7.23. The number of carbonyl (C=O) groups is 1. The van der Waals surface area contributed by atoms with Crippen LogP contribution in [-0.4, -0.2) is 38.0 Å². The number of hydrogen-bond acceptors (Lipinski definition) is 4. The molecule has 0 radical (unpaired) electrons. The van der Waals surface area contributed by atoms with Crippen molar-refractivity contribution in [2.45, 2.75) is 46.6 Å². The Kier molecular flexibility index (Phi) is 5.13. The van der Waals surface area contributed by atoms with Crippen molar-refractivity contribution >= 4 is 5.91 Å². The Hall–Kier alpha value is -2.24. The fourth-order valence-electron chi connectivity index (χ4n) is 2.38. The molecule has 0 saturated carbocycles. The summed E-state index contributed by atoms with van der Waals surface area (Å²) in [5, 5.41) is 13.9. The third kappa shape index (κ3) is 4.61. The highest BCUT2D eigenvalue weighted by atomic mass is 16.2. The number of tetrazole rings is 1.